The van der Waals surface area contributed by atoms with E-state index in [9.17, 15) is 10.5 Å². The van der Waals surface area contributed by atoms with Crippen molar-refractivity contribution in [3.05, 3.63) is 132 Å². The van der Waals surface area contributed by atoms with E-state index in [2.05, 4.69) is 77.4 Å². The quantitative estimate of drug-likeness (QED) is 0.235. The maximum atomic E-state index is 9.22. The first-order valence-electron chi connectivity index (χ1n) is 13.1. The van der Waals surface area contributed by atoms with Crippen molar-refractivity contribution >= 4 is 21.8 Å². The Labute approximate surface area is 236 Å². The summed E-state index contributed by atoms with van der Waals surface area (Å²) in [4.78, 5) is 14.4. The highest BCUT2D eigenvalue weighted by Crippen LogP contribution is 2.32. The zero-order chi connectivity index (χ0) is 27.8. The van der Waals surface area contributed by atoms with Gasteiger partial charge in [-0.05, 0) is 84.9 Å². The first-order chi connectivity index (χ1) is 20.2. The fraction of sp³-hybridized carbons (Fsp3) is 0. The minimum atomic E-state index is 0.505. The molecular weight excluding hydrogens is 504 g/mol. The van der Waals surface area contributed by atoms with E-state index in [-0.39, 0.29) is 0 Å². The molecule has 7 rings (SSSR count). The van der Waals surface area contributed by atoms with Gasteiger partial charge in [-0.25, -0.2) is 15.0 Å². The average Bonchev–Trinajstić information content (AvgIpc) is 3.39. The normalized spacial score (nSPS) is 10.9. The third-order valence-electron chi connectivity index (χ3n) is 7.14. The van der Waals surface area contributed by atoms with Crippen LogP contribution in [0.25, 0.3) is 61.7 Å². The highest BCUT2D eigenvalue weighted by molar-refractivity contribution is 6.09. The molecule has 7 aromatic rings. The lowest BCUT2D eigenvalue weighted by Gasteiger charge is -2.11. The monoisotopic (exact) mass is 524 g/mol. The molecule has 0 fully saturated rings. The molecule has 0 N–H and O–H groups in total. The third-order valence-corrected chi connectivity index (χ3v) is 7.14. The van der Waals surface area contributed by atoms with Crippen molar-refractivity contribution in [1.82, 2.24) is 19.5 Å². The van der Waals surface area contributed by atoms with Crippen LogP contribution in [-0.4, -0.2) is 19.5 Å². The van der Waals surface area contributed by atoms with Gasteiger partial charge in [-0.2, -0.15) is 10.5 Å². The number of nitriles is 2. The Kier molecular flexibility index (Phi) is 5.78. The van der Waals surface area contributed by atoms with E-state index < -0.39 is 0 Å². The van der Waals surface area contributed by atoms with Gasteiger partial charge in [0.15, 0.2) is 17.5 Å². The molecule has 0 unspecified atom stereocenters. The molecule has 6 nitrogen and oxygen atoms in total. The predicted octanol–water partition coefficient (Wildman–Crippen LogP) is 7.71. The molecule has 6 heteroatoms. The van der Waals surface area contributed by atoms with E-state index in [1.165, 1.54) is 10.8 Å². The van der Waals surface area contributed by atoms with Gasteiger partial charge in [0.05, 0.1) is 34.3 Å². The van der Waals surface area contributed by atoms with Gasteiger partial charge < -0.3 is 4.57 Å². The molecule has 0 radical (unpaired) electrons. The van der Waals surface area contributed by atoms with Gasteiger partial charge in [0.25, 0.3) is 0 Å². The summed E-state index contributed by atoms with van der Waals surface area (Å²) in [7, 11) is 0. The number of hydrogen-bond acceptors (Lipinski definition) is 5. The van der Waals surface area contributed by atoms with Crippen LogP contribution in [0.4, 0.5) is 0 Å². The molecule has 0 saturated heterocycles. The fourth-order valence-corrected chi connectivity index (χ4v) is 5.11. The first-order valence-corrected chi connectivity index (χ1v) is 13.1. The lowest BCUT2D eigenvalue weighted by Crippen LogP contribution is -2.00. The third kappa shape index (κ3) is 4.27. The SMILES string of the molecule is N#Cc1ccc(-c2nc(-c3ccc(C#N)cc3)nc(-c3ccc(-n4c5ccccc5c5ccccc54)cc3)n2)cc1. The Morgan fingerprint density at radius 2 is 0.805 bits per heavy atom. The van der Waals surface area contributed by atoms with Crippen molar-refractivity contribution in [2.24, 2.45) is 0 Å². The molecule has 41 heavy (non-hydrogen) atoms. The van der Waals surface area contributed by atoms with Crippen LogP contribution in [0.2, 0.25) is 0 Å². The Balaban J connectivity index is 1.35. The van der Waals surface area contributed by atoms with Gasteiger partial charge in [-0.3, -0.25) is 0 Å². The van der Waals surface area contributed by atoms with Gasteiger partial charge >= 0.3 is 0 Å². The van der Waals surface area contributed by atoms with Crippen LogP contribution in [0.3, 0.4) is 0 Å². The van der Waals surface area contributed by atoms with Crippen LogP contribution in [0.1, 0.15) is 11.1 Å². The van der Waals surface area contributed by atoms with E-state index >= 15 is 0 Å². The molecule has 0 aliphatic carbocycles. The molecule has 5 aromatic carbocycles. The van der Waals surface area contributed by atoms with Crippen molar-refractivity contribution in [2.75, 3.05) is 0 Å². The Hall–Kier alpha value is -6.11. The minimum Gasteiger partial charge on any atom is -0.309 e. The van der Waals surface area contributed by atoms with Crippen LogP contribution in [0.15, 0.2) is 121 Å². The van der Waals surface area contributed by atoms with E-state index in [0.29, 0.717) is 28.6 Å². The van der Waals surface area contributed by atoms with Gasteiger partial charge in [-0.15, -0.1) is 0 Å². The summed E-state index contributed by atoms with van der Waals surface area (Å²) in [5, 5.41) is 20.9. The minimum absolute atomic E-state index is 0.505. The number of para-hydroxylation sites is 2. The van der Waals surface area contributed by atoms with Crippen molar-refractivity contribution in [3.8, 4) is 52.0 Å². The molecule has 2 aromatic heterocycles. The molecule has 0 aliphatic rings. The number of hydrogen-bond donors (Lipinski definition) is 0. The maximum Gasteiger partial charge on any atom is 0.164 e. The number of aromatic nitrogens is 4. The molecule has 0 amide bonds. The summed E-state index contributed by atoms with van der Waals surface area (Å²) in [5.41, 5.74) is 6.88. The standard InChI is InChI=1S/C35H20N6/c36-21-23-9-13-25(14-10-23)33-38-34(26-15-11-24(22-37)12-16-26)40-35(39-33)27-17-19-28(20-18-27)41-31-7-3-1-5-29(31)30-6-2-4-8-32(30)41/h1-20H. The summed E-state index contributed by atoms with van der Waals surface area (Å²) >= 11 is 0. The molecule has 0 saturated carbocycles. The van der Waals surface area contributed by atoms with Crippen LogP contribution in [0.5, 0.6) is 0 Å². The van der Waals surface area contributed by atoms with Gasteiger partial charge in [-0.1, -0.05) is 36.4 Å². The number of rotatable bonds is 4. The average molecular weight is 525 g/mol. The summed E-state index contributed by atoms with van der Waals surface area (Å²) < 4.78 is 2.27. The van der Waals surface area contributed by atoms with E-state index in [0.717, 1.165) is 33.4 Å². The van der Waals surface area contributed by atoms with Crippen LogP contribution in [-0.2, 0) is 0 Å². The fourth-order valence-electron chi connectivity index (χ4n) is 5.11. The predicted molar refractivity (Wildman–Crippen MR) is 160 cm³/mol. The first kappa shape index (κ1) is 24.0. The van der Waals surface area contributed by atoms with E-state index in [1.807, 2.05) is 36.4 Å². The lowest BCUT2D eigenvalue weighted by atomic mass is 10.1. The van der Waals surface area contributed by atoms with Crippen LogP contribution >= 0.6 is 0 Å². The molecule has 2 heterocycles. The van der Waals surface area contributed by atoms with Crippen LogP contribution < -0.4 is 0 Å². The highest BCUT2D eigenvalue weighted by atomic mass is 15.0. The molecular formula is C35H20N6. The topological polar surface area (TPSA) is 91.2 Å². The summed E-state index contributed by atoms with van der Waals surface area (Å²) in [5.74, 6) is 1.54. The number of nitrogens with zero attached hydrogens (tertiary/aromatic N) is 6. The molecule has 190 valence electrons. The second kappa shape index (κ2) is 9.89. The summed E-state index contributed by atoms with van der Waals surface area (Å²) in [6, 6.07) is 43.7. The second-order valence-electron chi connectivity index (χ2n) is 9.60. The Bertz CT molecular complexity index is 2020. The molecule has 0 spiro atoms. The highest BCUT2D eigenvalue weighted by Gasteiger charge is 2.15. The van der Waals surface area contributed by atoms with Gasteiger partial charge in [0.1, 0.15) is 0 Å². The van der Waals surface area contributed by atoms with Crippen molar-refractivity contribution in [2.45, 2.75) is 0 Å². The molecule has 0 bridgehead atoms. The smallest absolute Gasteiger partial charge is 0.164 e. The Morgan fingerprint density at radius 3 is 1.20 bits per heavy atom. The van der Waals surface area contributed by atoms with E-state index in [4.69, 9.17) is 15.0 Å². The van der Waals surface area contributed by atoms with Crippen molar-refractivity contribution in [3.63, 3.8) is 0 Å². The zero-order valence-electron chi connectivity index (χ0n) is 21.7. The van der Waals surface area contributed by atoms with Crippen molar-refractivity contribution in [1.29, 1.82) is 10.5 Å². The second-order valence-corrected chi connectivity index (χ2v) is 9.60. The lowest BCUT2D eigenvalue weighted by molar-refractivity contribution is 1.07. The van der Waals surface area contributed by atoms with Crippen molar-refractivity contribution < 1.29 is 0 Å². The van der Waals surface area contributed by atoms with Crippen LogP contribution in [0, 0.1) is 22.7 Å². The molecule has 0 aliphatic heterocycles. The largest absolute Gasteiger partial charge is 0.309 e. The van der Waals surface area contributed by atoms with E-state index in [1.54, 1.807) is 24.3 Å². The number of fused-ring (bicyclic) bond motifs is 3. The maximum absolute atomic E-state index is 9.22. The summed E-state index contributed by atoms with van der Waals surface area (Å²) in [6.45, 7) is 0. The molecule has 0 atom stereocenters. The summed E-state index contributed by atoms with van der Waals surface area (Å²) in [6.07, 6.45) is 0. The number of benzene rings is 5. The van der Waals surface area contributed by atoms with Gasteiger partial charge in [0.2, 0.25) is 0 Å². The zero-order valence-corrected chi connectivity index (χ0v) is 21.7. The van der Waals surface area contributed by atoms with Gasteiger partial charge in [0, 0.05) is 33.2 Å². The Morgan fingerprint density at radius 1 is 0.439 bits per heavy atom.